The molecule has 9 nitrogen and oxygen atoms in total. The highest BCUT2D eigenvalue weighted by atomic mass is 32.2. The van der Waals surface area contributed by atoms with E-state index in [0.717, 1.165) is 9.87 Å². The molecule has 0 radical (unpaired) electrons. The van der Waals surface area contributed by atoms with Crippen LogP contribution in [-0.4, -0.2) is 56.1 Å². The molecule has 4 rings (SSSR count). The molecule has 0 atom stereocenters. The van der Waals surface area contributed by atoms with Crippen LogP contribution in [0.25, 0.3) is 11.3 Å². The van der Waals surface area contributed by atoms with Crippen molar-refractivity contribution in [2.75, 3.05) is 27.3 Å². The second kappa shape index (κ2) is 8.40. The number of nitrogens with one attached hydrogen (secondary N) is 2. The van der Waals surface area contributed by atoms with Gasteiger partial charge in [0.25, 0.3) is 5.91 Å². The lowest BCUT2D eigenvalue weighted by atomic mass is 10.1. The van der Waals surface area contributed by atoms with Crippen LogP contribution in [0.3, 0.4) is 0 Å². The molecule has 0 saturated heterocycles. The average molecular weight is 442 g/mol. The van der Waals surface area contributed by atoms with Crippen molar-refractivity contribution in [3.05, 3.63) is 59.8 Å². The highest BCUT2D eigenvalue weighted by Crippen LogP contribution is 2.34. The number of nitrogens with zero attached hydrogens (tertiary/aromatic N) is 2. The molecule has 0 fully saturated rings. The first kappa shape index (κ1) is 20.9. The maximum absolute atomic E-state index is 12.9. The molecule has 0 unspecified atom stereocenters. The Bertz CT molecular complexity index is 1220. The van der Waals surface area contributed by atoms with Gasteiger partial charge in [-0.25, -0.2) is 12.7 Å². The van der Waals surface area contributed by atoms with E-state index in [4.69, 9.17) is 9.47 Å². The van der Waals surface area contributed by atoms with Crippen LogP contribution in [0.5, 0.6) is 11.5 Å². The average Bonchev–Trinajstić information content (AvgIpc) is 3.27. The van der Waals surface area contributed by atoms with Gasteiger partial charge in [-0.2, -0.15) is 5.10 Å². The van der Waals surface area contributed by atoms with Crippen molar-refractivity contribution in [3.63, 3.8) is 0 Å². The zero-order valence-electron chi connectivity index (χ0n) is 17.1. The number of carbonyl (C=O) groups excluding carboxylic acids is 1. The van der Waals surface area contributed by atoms with E-state index in [1.165, 1.54) is 26.4 Å². The fourth-order valence-electron chi connectivity index (χ4n) is 3.25. The molecule has 2 N–H and O–H groups in total. The van der Waals surface area contributed by atoms with Gasteiger partial charge in [-0.1, -0.05) is 18.2 Å². The number of aromatic nitrogens is 2. The molecule has 0 aliphatic carbocycles. The summed E-state index contributed by atoms with van der Waals surface area (Å²) in [7, 11) is -0.695. The van der Waals surface area contributed by atoms with Crippen molar-refractivity contribution < 1.29 is 22.7 Å². The molecule has 162 valence electrons. The summed E-state index contributed by atoms with van der Waals surface area (Å²) in [6, 6.07) is 12.0. The molecule has 31 heavy (non-hydrogen) atoms. The minimum Gasteiger partial charge on any atom is -0.486 e. The summed E-state index contributed by atoms with van der Waals surface area (Å²) in [6.07, 6.45) is 1.43. The number of H-pyrrole nitrogens is 1. The van der Waals surface area contributed by atoms with Gasteiger partial charge < -0.3 is 14.8 Å². The van der Waals surface area contributed by atoms with Crippen LogP contribution < -0.4 is 14.8 Å². The number of fused-ring (bicyclic) bond motifs is 1. The van der Waals surface area contributed by atoms with E-state index in [1.807, 2.05) is 6.07 Å². The number of carbonyl (C=O) groups is 1. The predicted octanol–water partition coefficient (Wildman–Crippen LogP) is 2.03. The quantitative estimate of drug-likeness (QED) is 0.604. The van der Waals surface area contributed by atoms with Crippen LogP contribution >= 0.6 is 0 Å². The third-order valence-electron chi connectivity index (χ3n) is 4.89. The zero-order valence-corrected chi connectivity index (χ0v) is 17.9. The second-order valence-corrected chi connectivity index (χ2v) is 9.22. The van der Waals surface area contributed by atoms with Gasteiger partial charge in [0.15, 0.2) is 11.5 Å². The third-order valence-corrected chi connectivity index (χ3v) is 6.80. The highest BCUT2D eigenvalue weighted by molar-refractivity contribution is 7.89. The van der Waals surface area contributed by atoms with Crippen molar-refractivity contribution in [1.82, 2.24) is 19.8 Å². The lowest BCUT2D eigenvalue weighted by Crippen LogP contribution is -2.27. The SMILES string of the molecule is CN(C)S(=O)(=O)c1ccccc1CNC(=O)c1cn[nH]c1-c1ccc2c(c1)OCCO2. The van der Waals surface area contributed by atoms with E-state index in [1.54, 1.807) is 30.3 Å². The zero-order chi connectivity index (χ0) is 22.0. The van der Waals surface area contributed by atoms with Gasteiger partial charge in [-0.05, 0) is 29.8 Å². The molecule has 3 aromatic rings. The minimum atomic E-state index is -3.63. The minimum absolute atomic E-state index is 0.0494. The largest absolute Gasteiger partial charge is 0.486 e. The van der Waals surface area contributed by atoms with Crippen LogP contribution in [0.2, 0.25) is 0 Å². The molecule has 1 aliphatic rings. The number of amides is 1. The van der Waals surface area contributed by atoms with Crippen LogP contribution in [0.15, 0.2) is 53.6 Å². The Balaban J connectivity index is 1.56. The number of ether oxygens (including phenoxy) is 2. The van der Waals surface area contributed by atoms with Gasteiger partial charge in [-0.15, -0.1) is 0 Å². The number of rotatable bonds is 6. The summed E-state index contributed by atoms with van der Waals surface area (Å²) in [5.74, 6) is 0.877. The van der Waals surface area contributed by atoms with E-state index >= 15 is 0 Å². The van der Waals surface area contributed by atoms with Crippen LogP contribution in [0.4, 0.5) is 0 Å². The van der Waals surface area contributed by atoms with Gasteiger partial charge in [0.05, 0.1) is 22.3 Å². The lowest BCUT2D eigenvalue weighted by Gasteiger charge is -2.18. The predicted molar refractivity (Wildman–Crippen MR) is 113 cm³/mol. The first-order valence-electron chi connectivity index (χ1n) is 9.60. The van der Waals surface area contributed by atoms with E-state index in [-0.39, 0.29) is 17.3 Å². The summed E-state index contributed by atoms with van der Waals surface area (Å²) in [5.41, 5.74) is 2.09. The van der Waals surface area contributed by atoms with Gasteiger partial charge in [0, 0.05) is 26.2 Å². The number of hydrogen-bond acceptors (Lipinski definition) is 6. The molecule has 0 bridgehead atoms. The van der Waals surface area contributed by atoms with Crippen molar-refractivity contribution in [3.8, 4) is 22.8 Å². The molecule has 0 spiro atoms. The molecule has 10 heteroatoms. The first-order chi connectivity index (χ1) is 14.9. The van der Waals surface area contributed by atoms with E-state index in [9.17, 15) is 13.2 Å². The molecule has 1 amide bonds. The highest BCUT2D eigenvalue weighted by Gasteiger charge is 2.22. The fraction of sp³-hybridized carbons (Fsp3) is 0.238. The van der Waals surface area contributed by atoms with E-state index in [2.05, 4.69) is 15.5 Å². The van der Waals surface area contributed by atoms with Crippen molar-refractivity contribution >= 4 is 15.9 Å². The Morgan fingerprint density at radius 3 is 2.65 bits per heavy atom. The van der Waals surface area contributed by atoms with Gasteiger partial charge in [0.1, 0.15) is 13.2 Å². The van der Waals surface area contributed by atoms with Crippen molar-refractivity contribution in [2.24, 2.45) is 0 Å². The number of sulfonamides is 1. The maximum atomic E-state index is 12.9. The molecule has 2 aromatic carbocycles. The summed E-state index contributed by atoms with van der Waals surface area (Å²) in [5, 5.41) is 9.64. The summed E-state index contributed by atoms with van der Waals surface area (Å²) in [4.78, 5) is 13.0. The monoisotopic (exact) mass is 442 g/mol. The van der Waals surface area contributed by atoms with Gasteiger partial charge in [0.2, 0.25) is 10.0 Å². The number of aromatic amines is 1. The third kappa shape index (κ3) is 4.12. The normalized spacial score (nSPS) is 13.3. The summed E-state index contributed by atoms with van der Waals surface area (Å²) >= 11 is 0. The smallest absolute Gasteiger partial charge is 0.255 e. The van der Waals surface area contributed by atoms with Crippen LogP contribution in [0.1, 0.15) is 15.9 Å². The van der Waals surface area contributed by atoms with E-state index in [0.29, 0.717) is 41.5 Å². The topological polar surface area (TPSA) is 114 Å². The lowest BCUT2D eigenvalue weighted by molar-refractivity contribution is 0.0951. The number of benzene rings is 2. The Labute approximate surface area is 180 Å². The van der Waals surface area contributed by atoms with Crippen molar-refractivity contribution in [1.29, 1.82) is 0 Å². The summed E-state index contributed by atoms with van der Waals surface area (Å²) in [6.45, 7) is 1.00. The maximum Gasteiger partial charge on any atom is 0.255 e. The van der Waals surface area contributed by atoms with E-state index < -0.39 is 10.0 Å². The molecular formula is C21H22N4O5S. The Morgan fingerprint density at radius 1 is 1.13 bits per heavy atom. The Kier molecular flexibility index (Phi) is 5.66. The molecular weight excluding hydrogens is 420 g/mol. The van der Waals surface area contributed by atoms with Crippen LogP contribution in [-0.2, 0) is 16.6 Å². The fourth-order valence-corrected chi connectivity index (χ4v) is 4.36. The first-order valence-corrected chi connectivity index (χ1v) is 11.0. The number of hydrogen-bond donors (Lipinski definition) is 2. The van der Waals surface area contributed by atoms with Gasteiger partial charge in [-0.3, -0.25) is 9.89 Å². The molecule has 1 aromatic heterocycles. The summed E-state index contributed by atoms with van der Waals surface area (Å²) < 4.78 is 37.4. The molecule has 2 heterocycles. The van der Waals surface area contributed by atoms with Crippen molar-refractivity contribution in [2.45, 2.75) is 11.4 Å². The van der Waals surface area contributed by atoms with Crippen LogP contribution in [0, 0.1) is 0 Å². The second-order valence-electron chi connectivity index (χ2n) is 7.09. The Morgan fingerprint density at radius 2 is 1.87 bits per heavy atom. The molecule has 1 aliphatic heterocycles. The standard InChI is InChI=1S/C21H22N4O5S/c1-25(2)31(27,28)19-6-4-3-5-15(19)12-22-21(26)16-13-23-24-20(16)14-7-8-17-18(11-14)30-10-9-29-17/h3-8,11,13H,9-10,12H2,1-2H3,(H,22,26)(H,23,24). The Hall–Kier alpha value is -3.37. The molecule has 0 saturated carbocycles. The van der Waals surface area contributed by atoms with Gasteiger partial charge >= 0.3 is 0 Å².